The molecule has 18 heavy (non-hydrogen) atoms. The second kappa shape index (κ2) is 6.61. The number of carbonyl (C=O) groups excluding carboxylic acids is 2. The Balaban J connectivity index is 2.51. The SMILES string of the molecule is CC(C)Oc1ccc(C(=O)NOCC(N)=O)cc1. The van der Waals surface area contributed by atoms with E-state index < -0.39 is 11.8 Å². The minimum atomic E-state index is -0.656. The summed E-state index contributed by atoms with van der Waals surface area (Å²) in [6.07, 6.45) is 0.0728. The molecule has 6 heteroatoms. The molecule has 0 aliphatic heterocycles. The highest BCUT2D eigenvalue weighted by Crippen LogP contribution is 2.13. The van der Waals surface area contributed by atoms with Crippen LogP contribution in [0.4, 0.5) is 0 Å². The van der Waals surface area contributed by atoms with E-state index >= 15 is 0 Å². The van der Waals surface area contributed by atoms with Gasteiger partial charge in [-0.05, 0) is 38.1 Å². The average Bonchev–Trinajstić information content (AvgIpc) is 2.28. The number of ether oxygens (including phenoxy) is 1. The Morgan fingerprint density at radius 2 is 1.89 bits per heavy atom. The number of primary amides is 1. The van der Waals surface area contributed by atoms with Gasteiger partial charge in [-0.25, -0.2) is 5.48 Å². The minimum Gasteiger partial charge on any atom is -0.491 e. The van der Waals surface area contributed by atoms with Crippen LogP contribution in [0, 0.1) is 0 Å². The second-order valence-corrected chi connectivity index (χ2v) is 3.88. The highest BCUT2D eigenvalue weighted by atomic mass is 16.7. The first-order valence-corrected chi connectivity index (χ1v) is 5.46. The molecule has 0 radical (unpaired) electrons. The molecule has 0 aliphatic carbocycles. The maximum atomic E-state index is 11.5. The van der Waals surface area contributed by atoms with Crippen LogP contribution < -0.4 is 16.0 Å². The third-order valence-electron chi connectivity index (χ3n) is 1.87. The van der Waals surface area contributed by atoms with E-state index in [9.17, 15) is 9.59 Å². The Bertz CT molecular complexity index is 415. The number of hydrogen-bond donors (Lipinski definition) is 2. The minimum absolute atomic E-state index is 0.0728. The van der Waals surface area contributed by atoms with Crippen LogP contribution in [0.5, 0.6) is 5.75 Å². The summed E-state index contributed by atoms with van der Waals surface area (Å²) in [5, 5.41) is 0. The van der Waals surface area contributed by atoms with Gasteiger partial charge in [-0.1, -0.05) is 0 Å². The molecule has 1 aromatic carbocycles. The van der Waals surface area contributed by atoms with Gasteiger partial charge in [0.1, 0.15) is 5.75 Å². The monoisotopic (exact) mass is 252 g/mol. The number of carbonyl (C=O) groups is 2. The first-order valence-electron chi connectivity index (χ1n) is 5.46. The predicted octanol–water partition coefficient (Wildman–Crippen LogP) is 0.620. The van der Waals surface area contributed by atoms with Crippen LogP contribution in [0.2, 0.25) is 0 Å². The summed E-state index contributed by atoms with van der Waals surface area (Å²) >= 11 is 0. The Hall–Kier alpha value is -2.08. The van der Waals surface area contributed by atoms with Gasteiger partial charge in [0.2, 0.25) is 5.91 Å². The van der Waals surface area contributed by atoms with Crippen molar-refractivity contribution in [3.05, 3.63) is 29.8 Å². The standard InChI is InChI=1S/C12H16N2O4/c1-8(2)18-10-5-3-9(4-6-10)12(16)14-17-7-11(13)15/h3-6,8H,7H2,1-2H3,(H2,13,15)(H,14,16). The second-order valence-electron chi connectivity index (χ2n) is 3.88. The van der Waals surface area contributed by atoms with Gasteiger partial charge in [-0.15, -0.1) is 0 Å². The van der Waals surface area contributed by atoms with E-state index in [4.69, 9.17) is 10.5 Å². The van der Waals surface area contributed by atoms with Crippen molar-refractivity contribution in [2.45, 2.75) is 20.0 Å². The van der Waals surface area contributed by atoms with E-state index in [0.29, 0.717) is 11.3 Å². The lowest BCUT2D eigenvalue weighted by Crippen LogP contribution is -2.29. The Labute approximate surface area is 105 Å². The smallest absolute Gasteiger partial charge is 0.274 e. The highest BCUT2D eigenvalue weighted by molar-refractivity contribution is 5.93. The van der Waals surface area contributed by atoms with Crippen molar-refractivity contribution in [1.29, 1.82) is 0 Å². The van der Waals surface area contributed by atoms with E-state index in [1.54, 1.807) is 24.3 Å². The van der Waals surface area contributed by atoms with Gasteiger partial charge in [0.25, 0.3) is 5.91 Å². The van der Waals surface area contributed by atoms with Crippen molar-refractivity contribution < 1.29 is 19.2 Å². The van der Waals surface area contributed by atoms with Crippen LogP contribution >= 0.6 is 0 Å². The lowest BCUT2D eigenvalue weighted by atomic mass is 10.2. The van der Waals surface area contributed by atoms with Crippen molar-refractivity contribution in [2.24, 2.45) is 5.73 Å². The summed E-state index contributed by atoms with van der Waals surface area (Å²) in [7, 11) is 0. The molecule has 6 nitrogen and oxygen atoms in total. The van der Waals surface area contributed by atoms with E-state index in [1.807, 2.05) is 13.8 Å². The molecule has 1 rings (SSSR count). The molecular formula is C12H16N2O4. The summed E-state index contributed by atoms with van der Waals surface area (Å²) in [5.41, 5.74) is 7.36. The molecule has 98 valence electrons. The van der Waals surface area contributed by atoms with Crippen LogP contribution in [0.15, 0.2) is 24.3 Å². The molecule has 0 bridgehead atoms. The summed E-state index contributed by atoms with van der Waals surface area (Å²) in [5.74, 6) is -0.428. The molecule has 0 aromatic heterocycles. The van der Waals surface area contributed by atoms with E-state index in [1.165, 1.54) is 0 Å². The third kappa shape index (κ3) is 4.84. The van der Waals surface area contributed by atoms with E-state index in [2.05, 4.69) is 10.3 Å². The number of amides is 2. The van der Waals surface area contributed by atoms with E-state index in [-0.39, 0.29) is 12.7 Å². The fourth-order valence-corrected chi connectivity index (χ4v) is 1.19. The molecule has 0 fully saturated rings. The first-order chi connectivity index (χ1) is 8.49. The molecule has 2 amide bonds. The zero-order valence-electron chi connectivity index (χ0n) is 10.3. The number of benzene rings is 1. The lowest BCUT2D eigenvalue weighted by Gasteiger charge is -2.10. The molecule has 0 spiro atoms. The summed E-state index contributed by atoms with van der Waals surface area (Å²) in [6, 6.07) is 6.56. The predicted molar refractivity (Wildman–Crippen MR) is 64.8 cm³/mol. The van der Waals surface area contributed by atoms with Gasteiger partial charge >= 0.3 is 0 Å². The third-order valence-corrected chi connectivity index (χ3v) is 1.87. The Kier molecular flexibility index (Phi) is 5.13. The van der Waals surface area contributed by atoms with Gasteiger partial charge in [-0.2, -0.15) is 0 Å². The first kappa shape index (κ1) is 14.0. The number of nitrogens with two attached hydrogens (primary N) is 1. The molecule has 0 unspecified atom stereocenters. The molecule has 0 saturated heterocycles. The van der Waals surface area contributed by atoms with Crippen molar-refractivity contribution >= 4 is 11.8 Å². The number of hydroxylamine groups is 1. The molecule has 0 heterocycles. The average molecular weight is 252 g/mol. The molecule has 0 saturated carbocycles. The lowest BCUT2D eigenvalue weighted by molar-refractivity contribution is -0.124. The largest absolute Gasteiger partial charge is 0.491 e. The summed E-state index contributed by atoms with van der Waals surface area (Å²) in [4.78, 5) is 26.5. The Morgan fingerprint density at radius 1 is 1.28 bits per heavy atom. The Morgan fingerprint density at radius 3 is 2.39 bits per heavy atom. The maximum Gasteiger partial charge on any atom is 0.274 e. The highest BCUT2D eigenvalue weighted by Gasteiger charge is 2.06. The quantitative estimate of drug-likeness (QED) is 0.726. The fourth-order valence-electron chi connectivity index (χ4n) is 1.19. The van der Waals surface area contributed by atoms with Gasteiger partial charge in [0.15, 0.2) is 6.61 Å². The number of nitrogens with one attached hydrogen (secondary N) is 1. The zero-order valence-corrected chi connectivity index (χ0v) is 10.3. The zero-order chi connectivity index (χ0) is 13.5. The molecule has 3 N–H and O–H groups in total. The fraction of sp³-hybridized carbons (Fsp3) is 0.333. The van der Waals surface area contributed by atoms with Crippen LogP contribution in [0.1, 0.15) is 24.2 Å². The van der Waals surface area contributed by atoms with Crippen LogP contribution in [-0.2, 0) is 9.63 Å². The van der Waals surface area contributed by atoms with E-state index in [0.717, 1.165) is 0 Å². The van der Waals surface area contributed by atoms with Gasteiger partial charge < -0.3 is 10.5 Å². The number of rotatable bonds is 6. The topological polar surface area (TPSA) is 90.7 Å². The molecule has 0 aliphatic rings. The van der Waals surface area contributed by atoms with Crippen molar-refractivity contribution in [3.8, 4) is 5.75 Å². The van der Waals surface area contributed by atoms with Gasteiger partial charge in [0.05, 0.1) is 6.10 Å². The van der Waals surface area contributed by atoms with Gasteiger partial charge in [0, 0.05) is 5.56 Å². The summed E-state index contributed by atoms with van der Waals surface area (Å²) < 4.78 is 5.44. The van der Waals surface area contributed by atoms with Gasteiger partial charge in [-0.3, -0.25) is 14.4 Å². The van der Waals surface area contributed by atoms with Crippen molar-refractivity contribution in [1.82, 2.24) is 5.48 Å². The van der Waals surface area contributed by atoms with Crippen LogP contribution in [-0.4, -0.2) is 24.5 Å². The van der Waals surface area contributed by atoms with Crippen molar-refractivity contribution in [3.63, 3.8) is 0 Å². The number of hydrogen-bond acceptors (Lipinski definition) is 4. The summed E-state index contributed by atoms with van der Waals surface area (Å²) in [6.45, 7) is 3.47. The maximum absolute atomic E-state index is 11.5. The normalized spacial score (nSPS) is 10.2. The molecular weight excluding hydrogens is 236 g/mol. The van der Waals surface area contributed by atoms with Crippen LogP contribution in [0.25, 0.3) is 0 Å². The molecule has 0 atom stereocenters. The molecule has 1 aromatic rings. The van der Waals surface area contributed by atoms with Crippen LogP contribution in [0.3, 0.4) is 0 Å². The van der Waals surface area contributed by atoms with Crippen molar-refractivity contribution in [2.75, 3.05) is 6.61 Å².